The first-order valence-corrected chi connectivity index (χ1v) is 6.92. The van der Waals surface area contributed by atoms with Gasteiger partial charge in [-0.2, -0.15) is 0 Å². The Balaban J connectivity index is 2.11. The molecule has 3 nitrogen and oxygen atoms in total. The summed E-state index contributed by atoms with van der Waals surface area (Å²) >= 11 is 9.17. The van der Waals surface area contributed by atoms with Gasteiger partial charge in [0.15, 0.2) is 0 Å². The molecule has 1 N–H and O–H groups in total. The van der Waals surface area contributed by atoms with E-state index < -0.39 is 0 Å². The average Bonchev–Trinajstić information content (AvgIpc) is 2.38. The van der Waals surface area contributed by atoms with Crippen molar-refractivity contribution in [3.63, 3.8) is 0 Å². The van der Waals surface area contributed by atoms with E-state index in [4.69, 9.17) is 11.6 Å². The lowest BCUT2D eigenvalue weighted by Crippen LogP contribution is -2.27. The average molecular weight is 340 g/mol. The van der Waals surface area contributed by atoms with Gasteiger partial charge in [-0.15, -0.1) is 0 Å². The molecule has 0 fully saturated rings. The first kappa shape index (κ1) is 14.0. The standard InChI is InChI=1S/C14H12BrClN2O/c1-9(10-4-2-5-11(16)8-10)17-14(19)12-6-3-7-13(15)18-12/h2-9H,1H3,(H,17,19). The minimum Gasteiger partial charge on any atom is -0.344 e. The molecule has 0 spiro atoms. The van der Waals surface area contributed by atoms with E-state index in [0.29, 0.717) is 15.3 Å². The number of hydrogen-bond acceptors (Lipinski definition) is 2. The summed E-state index contributed by atoms with van der Waals surface area (Å²) in [6.45, 7) is 1.90. The van der Waals surface area contributed by atoms with Crippen LogP contribution in [0.1, 0.15) is 29.0 Å². The molecular weight excluding hydrogens is 328 g/mol. The molecule has 0 saturated heterocycles. The second-order valence-electron chi connectivity index (χ2n) is 4.10. The third-order valence-electron chi connectivity index (χ3n) is 2.64. The summed E-state index contributed by atoms with van der Waals surface area (Å²) in [6, 6.07) is 12.5. The molecule has 0 aliphatic heterocycles. The van der Waals surface area contributed by atoms with Gasteiger partial charge in [0.2, 0.25) is 0 Å². The van der Waals surface area contributed by atoms with E-state index in [-0.39, 0.29) is 11.9 Å². The van der Waals surface area contributed by atoms with E-state index in [1.54, 1.807) is 24.3 Å². The molecule has 1 atom stereocenters. The zero-order valence-electron chi connectivity index (χ0n) is 10.2. The number of nitrogens with zero attached hydrogens (tertiary/aromatic N) is 1. The lowest BCUT2D eigenvalue weighted by atomic mass is 10.1. The molecule has 1 unspecified atom stereocenters. The largest absolute Gasteiger partial charge is 0.344 e. The van der Waals surface area contributed by atoms with Gasteiger partial charge in [-0.3, -0.25) is 4.79 Å². The highest BCUT2D eigenvalue weighted by Crippen LogP contribution is 2.17. The monoisotopic (exact) mass is 338 g/mol. The van der Waals surface area contributed by atoms with E-state index in [1.165, 1.54) is 0 Å². The van der Waals surface area contributed by atoms with E-state index in [9.17, 15) is 4.79 Å². The second kappa shape index (κ2) is 6.17. The van der Waals surface area contributed by atoms with E-state index >= 15 is 0 Å². The van der Waals surface area contributed by atoms with E-state index in [0.717, 1.165) is 5.56 Å². The fourth-order valence-electron chi connectivity index (χ4n) is 1.66. The molecule has 1 amide bonds. The third-order valence-corrected chi connectivity index (χ3v) is 3.32. The van der Waals surface area contributed by atoms with Crippen LogP contribution in [-0.4, -0.2) is 10.9 Å². The van der Waals surface area contributed by atoms with Crippen LogP contribution in [0.3, 0.4) is 0 Å². The Hall–Kier alpha value is -1.39. The Kier molecular flexibility index (Phi) is 4.56. The van der Waals surface area contributed by atoms with Crippen LogP contribution in [0.25, 0.3) is 0 Å². The van der Waals surface area contributed by atoms with Crippen molar-refractivity contribution in [2.45, 2.75) is 13.0 Å². The number of benzene rings is 1. The van der Waals surface area contributed by atoms with Crippen LogP contribution in [0.15, 0.2) is 47.1 Å². The molecule has 0 saturated carbocycles. The summed E-state index contributed by atoms with van der Waals surface area (Å²) in [5.41, 5.74) is 1.33. The molecule has 98 valence electrons. The van der Waals surface area contributed by atoms with Crippen molar-refractivity contribution in [1.82, 2.24) is 10.3 Å². The Morgan fingerprint density at radius 3 is 2.74 bits per heavy atom. The molecule has 0 bridgehead atoms. The number of carbonyl (C=O) groups is 1. The number of hydrogen-bond donors (Lipinski definition) is 1. The van der Waals surface area contributed by atoms with Gasteiger partial charge in [0.05, 0.1) is 6.04 Å². The number of pyridine rings is 1. The van der Waals surface area contributed by atoms with Crippen molar-refractivity contribution in [2.75, 3.05) is 0 Å². The minimum atomic E-state index is -0.214. The van der Waals surface area contributed by atoms with E-state index in [1.807, 2.05) is 25.1 Å². The fraction of sp³-hybridized carbons (Fsp3) is 0.143. The van der Waals surface area contributed by atoms with Gasteiger partial charge in [0, 0.05) is 5.02 Å². The number of halogens is 2. The highest BCUT2D eigenvalue weighted by molar-refractivity contribution is 9.10. The maximum atomic E-state index is 12.0. The summed E-state index contributed by atoms with van der Waals surface area (Å²) in [6.07, 6.45) is 0. The zero-order chi connectivity index (χ0) is 13.8. The lowest BCUT2D eigenvalue weighted by molar-refractivity contribution is 0.0934. The summed E-state index contributed by atoms with van der Waals surface area (Å²) in [7, 11) is 0. The maximum absolute atomic E-state index is 12.0. The molecule has 2 rings (SSSR count). The first-order chi connectivity index (χ1) is 9.06. The highest BCUT2D eigenvalue weighted by Gasteiger charge is 2.12. The van der Waals surface area contributed by atoms with Crippen molar-refractivity contribution in [3.8, 4) is 0 Å². The Morgan fingerprint density at radius 2 is 2.05 bits per heavy atom. The first-order valence-electron chi connectivity index (χ1n) is 5.75. The smallest absolute Gasteiger partial charge is 0.270 e. The number of rotatable bonds is 3. The predicted octanol–water partition coefficient (Wildman–Crippen LogP) is 3.99. The van der Waals surface area contributed by atoms with Crippen LogP contribution in [0.2, 0.25) is 5.02 Å². The van der Waals surface area contributed by atoms with Gasteiger partial charge >= 0.3 is 0 Å². The van der Waals surface area contributed by atoms with Crippen LogP contribution >= 0.6 is 27.5 Å². The van der Waals surface area contributed by atoms with Crippen molar-refractivity contribution in [1.29, 1.82) is 0 Å². The van der Waals surface area contributed by atoms with Crippen LogP contribution in [0, 0.1) is 0 Å². The molecule has 2 aromatic rings. The lowest BCUT2D eigenvalue weighted by Gasteiger charge is -2.14. The summed E-state index contributed by atoms with van der Waals surface area (Å²) in [5, 5.41) is 3.54. The fourth-order valence-corrected chi connectivity index (χ4v) is 2.21. The van der Waals surface area contributed by atoms with Gasteiger partial charge in [0.25, 0.3) is 5.91 Å². The van der Waals surface area contributed by atoms with Crippen LogP contribution in [0.5, 0.6) is 0 Å². The second-order valence-corrected chi connectivity index (χ2v) is 5.34. The maximum Gasteiger partial charge on any atom is 0.270 e. The van der Waals surface area contributed by atoms with Gasteiger partial charge in [-0.25, -0.2) is 4.98 Å². The van der Waals surface area contributed by atoms with Gasteiger partial charge < -0.3 is 5.32 Å². The number of nitrogens with one attached hydrogen (secondary N) is 1. The van der Waals surface area contributed by atoms with Gasteiger partial charge in [-0.05, 0) is 52.7 Å². The van der Waals surface area contributed by atoms with E-state index in [2.05, 4.69) is 26.2 Å². The molecule has 0 aliphatic carbocycles. The predicted molar refractivity (Wildman–Crippen MR) is 79.3 cm³/mol. The molecule has 1 aromatic carbocycles. The highest BCUT2D eigenvalue weighted by atomic mass is 79.9. The quantitative estimate of drug-likeness (QED) is 0.859. The summed E-state index contributed by atoms with van der Waals surface area (Å²) in [4.78, 5) is 16.2. The van der Waals surface area contributed by atoms with Crippen LogP contribution in [0.4, 0.5) is 0 Å². The number of amides is 1. The zero-order valence-corrected chi connectivity index (χ0v) is 12.6. The van der Waals surface area contributed by atoms with Gasteiger partial charge in [-0.1, -0.05) is 29.8 Å². The Bertz CT molecular complexity index is 604. The molecule has 0 radical (unpaired) electrons. The van der Waals surface area contributed by atoms with Crippen LogP contribution in [-0.2, 0) is 0 Å². The van der Waals surface area contributed by atoms with Crippen molar-refractivity contribution in [3.05, 3.63) is 63.3 Å². The van der Waals surface area contributed by atoms with Gasteiger partial charge in [0.1, 0.15) is 10.3 Å². The summed E-state index contributed by atoms with van der Waals surface area (Å²) < 4.78 is 0.635. The Labute approximate surface area is 125 Å². The topological polar surface area (TPSA) is 42.0 Å². The molecule has 5 heteroatoms. The molecule has 1 aromatic heterocycles. The number of aromatic nitrogens is 1. The minimum absolute atomic E-state index is 0.132. The molecule has 1 heterocycles. The molecule has 19 heavy (non-hydrogen) atoms. The SMILES string of the molecule is CC(NC(=O)c1cccc(Br)n1)c1cccc(Cl)c1. The van der Waals surface area contributed by atoms with Crippen molar-refractivity contribution < 1.29 is 4.79 Å². The Morgan fingerprint density at radius 1 is 1.32 bits per heavy atom. The molecule has 0 aliphatic rings. The van der Waals surface area contributed by atoms with Crippen molar-refractivity contribution in [2.24, 2.45) is 0 Å². The third kappa shape index (κ3) is 3.78. The normalized spacial score (nSPS) is 11.9. The summed E-state index contributed by atoms with van der Waals surface area (Å²) in [5.74, 6) is -0.214. The van der Waals surface area contributed by atoms with Crippen LogP contribution < -0.4 is 5.32 Å². The van der Waals surface area contributed by atoms with Crippen molar-refractivity contribution >= 4 is 33.4 Å². The molecular formula is C14H12BrClN2O. The number of carbonyl (C=O) groups excluding carboxylic acids is 1.